The molecule has 4 aliphatic rings. The van der Waals surface area contributed by atoms with Crippen LogP contribution in [0, 0.1) is 36.0 Å². The Kier molecular flexibility index (Phi) is 10.4. The smallest absolute Gasteiger partial charge is 0.307 e. The van der Waals surface area contributed by atoms with Gasteiger partial charge in [-0.15, -0.1) is 0 Å². The van der Waals surface area contributed by atoms with Crippen LogP contribution in [0.4, 0.5) is 0 Å². The van der Waals surface area contributed by atoms with Gasteiger partial charge in [0, 0.05) is 24.6 Å². The first-order valence-corrected chi connectivity index (χ1v) is 19.2. The summed E-state index contributed by atoms with van der Waals surface area (Å²) in [6, 6.07) is 2.74. The summed E-state index contributed by atoms with van der Waals surface area (Å²) in [5.74, 6) is -2.37. The molecular formula is C37H53N3O8S. The van der Waals surface area contributed by atoms with Gasteiger partial charge >= 0.3 is 5.97 Å². The van der Waals surface area contributed by atoms with E-state index in [1.807, 2.05) is 32.1 Å². The highest BCUT2D eigenvalue weighted by Crippen LogP contribution is 2.57. The summed E-state index contributed by atoms with van der Waals surface area (Å²) < 4.78 is 39.5. The van der Waals surface area contributed by atoms with E-state index in [2.05, 4.69) is 16.6 Å². The number of carbonyl (C=O) groups is 4. The summed E-state index contributed by atoms with van der Waals surface area (Å²) in [6.07, 6.45) is 8.41. The molecule has 12 heteroatoms. The fourth-order valence-electron chi connectivity index (χ4n) is 7.40. The van der Waals surface area contributed by atoms with Gasteiger partial charge in [-0.2, -0.15) is 0 Å². The van der Waals surface area contributed by atoms with Crippen LogP contribution in [-0.4, -0.2) is 70.9 Å². The van der Waals surface area contributed by atoms with Gasteiger partial charge < -0.3 is 14.4 Å². The van der Waals surface area contributed by atoms with Crippen LogP contribution in [0.1, 0.15) is 105 Å². The second-order valence-corrected chi connectivity index (χ2v) is 18.5. The number of Topliss-reactive ketones (excluding diaryl/α,β-unsaturated/α-hetero) is 1. The molecule has 2 aliphatic heterocycles. The number of aryl methyl sites for hydroxylation is 1. The van der Waals surface area contributed by atoms with E-state index in [0.717, 1.165) is 18.4 Å². The standard InChI is InChI=1S/C37H53N3O8S/c1-23-11-8-9-13-26-20-37(26,34(44)39-49(45,46)36(7)14-15-36)21-30(41)29-18-27(47-32-24(2)12-10-16-38-32)22-40(29)33(43)28(25(3)17-23)19-31(42)48-35(4,5)6/h9-10,12-13,16,23,25-29H,8,11,14-15,17-22H2,1-7H3,(H,39,44)/b13-9-/t23-,25-,26-,27-,28+,29+,37-/m1/s1. The van der Waals surface area contributed by atoms with Crippen molar-refractivity contribution in [3.05, 3.63) is 36.0 Å². The quantitative estimate of drug-likeness (QED) is 0.304. The highest BCUT2D eigenvalue weighted by Gasteiger charge is 2.62. The topological polar surface area (TPSA) is 149 Å². The van der Waals surface area contributed by atoms with Crippen molar-refractivity contribution in [1.29, 1.82) is 0 Å². The molecule has 11 nitrogen and oxygen atoms in total. The number of ether oxygens (including phenoxy) is 2. The molecule has 2 aliphatic carbocycles. The van der Waals surface area contributed by atoms with Crippen LogP contribution in [0.2, 0.25) is 0 Å². The minimum absolute atomic E-state index is 0.105. The molecule has 49 heavy (non-hydrogen) atoms. The molecule has 0 bridgehead atoms. The van der Waals surface area contributed by atoms with E-state index in [4.69, 9.17) is 9.47 Å². The van der Waals surface area contributed by atoms with Crippen molar-refractivity contribution < 1.29 is 37.1 Å². The van der Waals surface area contributed by atoms with Gasteiger partial charge in [-0.05, 0) is 97.0 Å². The van der Waals surface area contributed by atoms with Crippen molar-refractivity contribution in [2.24, 2.45) is 29.1 Å². The third-order valence-electron chi connectivity index (χ3n) is 10.8. The molecule has 0 unspecified atom stereocenters. The molecule has 5 rings (SSSR count). The number of nitrogens with zero attached hydrogens (tertiary/aromatic N) is 2. The maximum atomic E-state index is 14.6. The zero-order valence-corrected chi connectivity index (χ0v) is 30.8. The van der Waals surface area contributed by atoms with Crippen molar-refractivity contribution in [2.45, 2.75) is 129 Å². The van der Waals surface area contributed by atoms with Crippen LogP contribution >= 0.6 is 0 Å². The number of fused-ring (bicyclic) bond motifs is 2. The second kappa shape index (κ2) is 13.8. The number of hydrogen-bond donors (Lipinski definition) is 1. The molecule has 3 heterocycles. The molecular weight excluding hydrogens is 646 g/mol. The van der Waals surface area contributed by atoms with Crippen molar-refractivity contribution in [2.75, 3.05) is 6.54 Å². The first kappa shape index (κ1) is 37.0. The Balaban J connectivity index is 1.48. The zero-order valence-electron chi connectivity index (χ0n) is 30.0. The Morgan fingerprint density at radius 2 is 1.86 bits per heavy atom. The van der Waals surface area contributed by atoms with Gasteiger partial charge in [0.05, 0.1) is 35.1 Å². The van der Waals surface area contributed by atoms with Crippen molar-refractivity contribution in [3.8, 4) is 5.88 Å². The highest BCUT2D eigenvalue weighted by molar-refractivity contribution is 7.91. The normalized spacial score (nSPS) is 32.5. The Labute approximate surface area is 291 Å². The van der Waals surface area contributed by atoms with Gasteiger partial charge in [0.2, 0.25) is 27.7 Å². The lowest BCUT2D eigenvalue weighted by molar-refractivity contribution is -0.160. The molecule has 0 radical (unpaired) electrons. The Hall–Kier alpha value is -3.28. The SMILES string of the molecule is Cc1cccnc1O[C@@H]1C[C@H]2C(=O)C[C@]3(C(=O)NS(=O)(=O)C4(C)CC4)C[C@H]3/C=C\CC[C@@H](C)C[C@@H](C)[C@H](CC(=O)OC(C)(C)C)C(=O)N2C1. The van der Waals surface area contributed by atoms with E-state index in [0.29, 0.717) is 31.6 Å². The monoisotopic (exact) mass is 699 g/mol. The predicted octanol–water partition coefficient (Wildman–Crippen LogP) is 5.06. The molecule has 1 N–H and O–H groups in total. The Bertz CT molecular complexity index is 1600. The third-order valence-corrected chi connectivity index (χ3v) is 13.0. The number of pyridine rings is 1. The largest absolute Gasteiger partial charge is 0.472 e. The average molecular weight is 700 g/mol. The number of esters is 1. The van der Waals surface area contributed by atoms with Gasteiger partial charge in [0.1, 0.15) is 11.7 Å². The molecule has 0 spiro atoms. The number of rotatable bonds is 7. The molecule has 2 saturated carbocycles. The molecule has 1 aromatic heterocycles. The van der Waals surface area contributed by atoms with Crippen LogP contribution in [-0.2, 0) is 33.9 Å². The number of sulfonamides is 1. The maximum Gasteiger partial charge on any atom is 0.307 e. The van der Waals surface area contributed by atoms with Crippen LogP contribution in [0.15, 0.2) is 30.5 Å². The maximum absolute atomic E-state index is 14.6. The number of allylic oxidation sites excluding steroid dienone is 2. The van der Waals surface area contributed by atoms with Gasteiger partial charge in [0.25, 0.3) is 0 Å². The molecule has 7 atom stereocenters. The zero-order chi connectivity index (χ0) is 35.9. The number of hydrogen-bond acceptors (Lipinski definition) is 9. The van der Waals surface area contributed by atoms with Crippen molar-refractivity contribution >= 4 is 33.6 Å². The van der Waals surface area contributed by atoms with Gasteiger partial charge in [-0.3, -0.25) is 23.9 Å². The Morgan fingerprint density at radius 1 is 1.14 bits per heavy atom. The number of ketones is 1. The van der Waals surface area contributed by atoms with E-state index in [1.165, 1.54) is 4.90 Å². The summed E-state index contributed by atoms with van der Waals surface area (Å²) >= 11 is 0. The van der Waals surface area contributed by atoms with E-state index in [9.17, 15) is 27.6 Å². The van der Waals surface area contributed by atoms with E-state index < -0.39 is 55.7 Å². The molecule has 270 valence electrons. The lowest BCUT2D eigenvalue weighted by Crippen LogP contribution is -2.48. The second-order valence-electron chi connectivity index (χ2n) is 16.3. The van der Waals surface area contributed by atoms with Crippen molar-refractivity contribution in [3.63, 3.8) is 0 Å². The predicted molar refractivity (Wildman–Crippen MR) is 184 cm³/mol. The minimum Gasteiger partial charge on any atom is -0.472 e. The molecule has 1 aromatic rings. The van der Waals surface area contributed by atoms with E-state index in [1.54, 1.807) is 40.0 Å². The van der Waals surface area contributed by atoms with Crippen LogP contribution < -0.4 is 9.46 Å². The highest BCUT2D eigenvalue weighted by atomic mass is 32.2. The molecule has 3 fully saturated rings. The lowest BCUT2D eigenvalue weighted by Gasteiger charge is -2.32. The number of aromatic nitrogens is 1. The summed E-state index contributed by atoms with van der Waals surface area (Å²) in [7, 11) is -3.92. The first-order valence-electron chi connectivity index (χ1n) is 17.7. The summed E-state index contributed by atoms with van der Waals surface area (Å²) in [5, 5.41) is 0. The van der Waals surface area contributed by atoms with E-state index >= 15 is 0 Å². The molecule has 1 saturated heterocycles. The fraction of sp³-hybridized carbons (Fsp3) is 0.703. The number of amides is 2. The summed E-state index contributed by atoms with van der Waals surface area (Å²) in [6.45, 7) is 13.0. The number of carbonyl (C=O) groups excluding carboxylic acids is 4. The summed E-state index contributed by atoms with van der Waals surface area (Å²) in [5.41, 5.74) is -1.15. The Morgan fingerprint density at radius 3 is 2.51 bits per heavy atom. The minimum atomic E-state index is -3.92. The van der Waals surface area contributed by atoms with Crippen LogP contribution in [0.25, 0.3) is 0 Å². The lowest BCUT2D eigenvalue weighted by atomic mass is 9.82. The van der Waals surface area contributed by atoms with Crippen LogP contribution in [0.5, 0.6) is 5.88 Å². The van der Waals surface area contributed by atoms with Gasteiger partial charge in [-0.25, -0.2) is 13.4 Å². The van der Waals surface area contributed by atoms with Crippen molar-refractivity contribution in [1.82, 2.24) is 14.6 Å². The first-order chi connectivity index (χ1) is 22.8. The fourth-order valence-corrected chi connectivity index (χ4v) is 8.73. The van der Waals surface area contributed by atoms with E-state index in [-0.39, 0.29) is 55.3 Å². The van der Waals surface area contributed by atoms with Crippen LogP contribution in [0.3, 0.4) is 0 Å². The molecule has 2 amide bonds. The third kappa shape index (κ3) is 8.37. The number of nitrogens with one attached hydrogen (secondary N) is 1. The average Bonchev–Trinajstić information content (AvgIpc) is 3.87. The summed E-state index contributed by atoms with van der Waals surface area (Å²) in [4.78, 5) is 61.9. The van der Waals surface area contributed by atoms with Gasteiger partial charge in [0.15, 0.2) is 5.78 Å². The molecule has 0 aromatic carbocycles. The van der Waals surface area contributed by atoms with Gasteiger partial charge in [-0.1, -0.05) is 32.1 Å².